The highest BCUT2D eigenvalue weighted by molar-refractivity contribution is 7.09. The van der Waals surface area contributed by atoms with E-state index in [-0.39, 0.29) is 17.7 Å². The molecule has 0 aromatic carbocycles. The number of rotatable bonds is 6. The second-order valence-electron chi connectivity index (χ2n) is 9.80. The summed E-state index contributed by atoms with van der Waals surface area (Å²) < 4.78 is 2.09. The van der Waals surface area contributed by atoms with Gasteiger partial charge in [0.15, 0.2) is 0 Å². The molecule has 1 saturated carbocycles. The van der Waals surface area contributed by atoms with Gasteiger partial charge in [-0.1, -0.05) is 0 Å². The molecule has 2 aliphatic heterocycles. The van der Waals surface area contributed by atoms with Gasteiger partial charge in [-0.3, -0.25) is 9.59 Å². The number of aromatic nitrogens is 3. The minimum atomic E-state index is -0.569. The van der Waals surface area contributed by atoms with Crippen LogP contribution in [-0.4, -0.2) is 55.8 Å². The van der Waals surface area contributed by atoms with E-state index in [0.717, 1.165) is 35.7 Å². The van der Waals surface area contributed by atoms with Gasteiger partial charge in [0.2, 0.25) is 11.8 Å². The smallest absolute Gasteiger partial charge is 0.231 e. The predicted molar refractivity (Wildman–Crippen MR) is 119 cm³/mol. The number of carbonyl (C=O) groups excluding carboxylic acids is 2. The molecule has 2 atom stereocenters. The second-order valence-corrected chi connectivity index (χ2v) is 10.9. The molecular formula is C23H31N5O2S. The fraction of sp³-hybridized carbons (Fsp3) is 0.652. The Hall–Kier alpha value is -2.22. The largest absolute Gasteiger partial charge is 0.341 e. The Balaban J connectivity index is 1.42. The summed E-state index contributed by atoms with van der Waals surface area (Å²) in [7, 11) is 0. The van der Waals surface area contributed by atoms with Gasteiger partial charge in [0, 0.05) is 49.6 Å². The van der Waals surface area contributed by atoms with Crippen LogP contribution in [0.5, 0.6) is 0 Å². The van der Waals surface area contributed by atoms with Gasteiger partial charge in [-0.05, 0) is 46.0 Å². The van der Waals surface area contributed by atoms with Crippen LogP contribution in [0.1, 0.15) is 67.9 Å². The Morgan fingerprint density at radius 1 is 1.35 bits per heavy atom. The number of thiazole rings is 1. The Bertz CT molecular complexity index is 994. The molecule has 8 heteroatoms. The molecule has 31 heavy (non-hydrogen) atoms. The van der Waals surface area contributed by atoms with Gasteiger partial charge in [0.05, 0.1) is 34.7 Å². The molecule has 166 valence electrons. The van der Waals surface area contributed by atoms with E-state index in [9.17, 15) is 9.59 Å². The van der Waals surface area contributed by atoms with Crippen molar-refractivity contribution in [3.8, 4) is 0 Å². The van der Waals surface area contributed by atoms with Crippen LogP contribution >= 0.6 is 11.3 Å². The van der Waals surface area contributed by atoms with Crippen molar-refractivity contribution < 1.29 is 9.59 Å². The Kier molecular flexibility index (Phi) is 5.15. The number of nitrogens with zero attached hydrogens (tertiary/aromatic N) is 5. The summed E-state index contributed by atoms with van der Waals surface area (Å²) in [6.45, 7) is 8.61. The summed E-state index contributed by atoms with van der Waals surface area (Å²) in [6, 6.07) is 0.315. The second kappa shape index (κ2) is 7.73. The van der Waals surface area contributed by atoms with E-state index < -0.39 is 5.41 Å². The van der Waals surface area contributed by atoms with E-state index in [2.05, 4.69) is 29.6 Å². The van der Waals surface area contributed by atoms with Gasteiger partial charge in [-0.15, -0.1) is 11.3 Å². The van der Waals surface area contributed by atoms with Crippen LogP contribution in [0.25, 0.3) is 0 Å². The summed E-state index contributed by atoms with van der Waals surface area (Å²) in [6.07, 6.45) is 7.64. The van der Waals surface area contributed by atoms with Crippen molar-refractivity contribution in [2.45, 2.75) is 65.0 Å². The van der Waals surface area contributed by atoms with Crippen molar-refractivity contribution in [1.82, 2.24) is 24.3 Å². The average Bonchev–Trinajstić information content (AvgIpc) is 3.11. The van der Waals surface area contributed by atoms with E-state index in [1.165, 1.54) is 0 Å². The molecule has 0 unspecified atom stereocenters. The first kappa shape index (κ1) is 20.7. The van der Waals surface area contributed by atoms with Gasteiger partial charge in [-0.2, -0.15) is 0 Å². The molecule has 4 heterocycles. The number of hydrogen-bond donors (Lipinski definition) is 0. The third-order valence-corrected chi connectivity index (χ3v) is 8.01. The first-order valence-electron chi connectivity index (χ1n) is 11.4. The van der Waals surface area contributed by atoms with Crippen molar-refractivity contribution in [2.24, 2.45) is 11.3 Å². The van der Waals surface area contributed by atoms with Gasteiger partial charge >= 0.3 is 0 Å². The SMILES string of the molecule is Cc1nc(CN2CC[C@]3(CN(C(=O)CC4CC4)C[C@@H]3c3cn(C(C)C)cn3)C2=O)cs1. The normalized spacial score (nSPS) is 26.1. The number of likely N-dealkylation sites (tertiary alicyclic amines) is 2. The molecule has 7 nitrogen and oxygen atoms in total. The lowest BCUT2D eigenvalue weighted by atomic mass is 9.75. The lowest BCUT2D eigenvalue weighted by Crippen LogP contribution is -2.40. The minimum absolute atomic E-state index is 0.0506. The number of carbonyl (C=O) groups is 2. The molecule has 0 bridgehead atoms. The number of imidazole rings is 1. The van der Waals surface area contributed by atoms with Crippen molar-refractivity contribution >= 4 is 23.2 Å². The van der Waals surface area contributed by atoms with Crippen molar-refractivity contribution in [3.05, 3.63) is 34.3 Å². The summed E-state index contributed by atoms with van der Waals surface area (Å²) in [4.78, 5) is 39.9. The van der Waals surface area contributed by atoms with Gasteiger partial charge in [-0.25, -0.2) is 9.97 Å². The molecule has 5 rings (SSSR count). The third-order valence-electron chi connectivity index (χ3n) is 7.19. The highest BCUT2D eigenvalue weighted by Crippen LogP contribution is 2.50. The fourth-order valence-electron chi connectivity index (χ4n) is 5.15. The average molecular weight is 442 g/mol. The van der Waals surface area contributed by atoms with Crippen LogP contribution in [0, 0.1) is 18.3 Å². The molecule has 2 aromatic rings. The molecule has 1 aliphatic carbocycles. The molecule has 0 radical (unpaired) electrons. The van der Waals surface area contributed by atoms with Gasteiger partial charge in [0.25, 0.3) is 0 Å². The highest BCUT2D eigenvalue weighted by atomic mass is 32.1. The van der Waals surface area contributed by atoms with Crippen LogP contribution < -0.4 is 0 Å². The van der Waals surface area contributed by atoms with Crippen LogP contribution in [0.2, 0.25) is 0 Å². The molecule has 3 aliphatic rings. The Labute approximate surface area is 187 Å². The maximum Gasteiger partial charge on any atom is 0.231 e. The monoisotopic (exact) mass is 441 g/mol. The summed E-state index contributed by atoms with van der Waals surface area (Å²) in [5.74, 6) is 0.856. The van der Waals surface area contributed by atoms with Crippen molar-refractivity contribution in [3.63, 3.8) is 0 Å². The summed E-state index contributed by atoms with van der Waals surface area (Å²) >= 11 is 1.62. The molecule has 2 aromatic heterocycles. The van der Waals surface area contributed by atoms with Crippen LogP contribution in [0.4, 0.5) is 0 Å². The maximum atomic E-state index is 13.8. The topological polar surface area (TPSA) is 71.3 Å². The standard InChI is InChI=1S/C23H31N5O2S/c1-15(2)28-11-20(24-14-28)19-10-27(21(29)8-17-4-5-17)13-23(19)6-7-26(22(23)30)9-18-12-31-16(3)25-18/h11-12,14-15,17,19H,4-10,13H2,1-3H3/t19-,23-/m1/s1. The minimum Gasteiger partial charge on any atom is -0.341 e. The fourth-order valence-corrected chi connectivity index (χ4v) is 5.75. The third kappa shape index (κ3) is 3.79. The molecule has 2 saturated heterocycles. The van der Waals surface area contributed by atoms with Crippen molar-refractivity contribution in [2.75, 3.05) is 19.6 Å². The van der Waals surface area contributed by atoms with Gasteiger partial charge < -0.3 is 14.4 Å². The lowest BCUT2D eigenvalue weighted by Gasteiger charge is -2.27. The Morgan fingerprint density at radius 3 is 2.81 bits per heavy atom. The van der Waals surface area contributed by atoms with Crippen LogP contribution in [-0.2, 0) is 16.1 Å². The number of hydrogen-bond acceptors (Lipinski definition) is 5. The maximum absolute atomic E-state index is 13.8. The number of amides is 2. The summed E-state index contributed by atoms with van der Waals surface area (Å²) in [5, 5.41) is 3.06. The van der Waals surface area contributed by atoms with Crippen LogP contribution in [0.15, 0.2) is 17.9 Å². The molecule has 2 amide bonds. The first-order chi connectivity index (χ1) is 14.9. The molecule has 0 N–H and O–H groups in total. The van der Waals surface area contributed by atoms with E-state index in [4.69, 9.17) is 4.98 Å². The highest BCUT2D eigenvalue weighted by Gasteiger charge is 2.58. The molecular weight excluding hydrogens is 410 g/mol. The van der Waals surface area contributed by atoms with Gasteiger partial charge in [0.1, 0.15) is 0 Å². The first-order valence-corrected chi connectivity index (χ1v) is 12.3. The lowest BCUT2D eigenvalue weighted by molar-refractivity contribution is -0.137. The zero-order valence-electron chi connectivity index (χ0n) is 18.6. The number of aryl methyl sites for hydroxylation is 1. The zero-order chi connectivity index (χ0) is 21.8. The van der Waals surface area contributed by atoms with Crippen molar-refractivity contribution in [1.29, 1.82) is 0 Å². The van der Waals surface area contributed by atoms with E-state index in [1.807, 2.05) is 28.4 Å². The van der Waals surface area contributed by atoms with E-state index >= 15 is 0 Å². The molecule has 3 fully saturated rings. The predicted octanol–water partition coefficient (Wildman–Crippen LogP) is 3.37. The quantitative estimate of drug-likeness (QED) is 0.689. The summed E-state index contributed by atoms with van der Waals surface area (Å²) in [5.41, 5.74) is 1.32. The van der Waals surface area contributed by atoms with E-state index in [0.29, 0.717) is 44.6 Å². The molecule has 1 spiro atoms. The van der Waals surface area contributed by atoms with E-state index in [1.54, 1.807) is 11.3 Å². The zero-order valence-corrected chi connectivity index (χ0v) is 19.4. The van der Waals surface area contributed by atoms with Crippen LogP contribution in [0.3, 0.4) is 0 Å². The Morgan fingerprint density at radius 2 is 2.16 bits per heavy atom.